The van der Waals surface area contributed by atoms with Crippen LogP contribution in [-0.2, 0) is 4.74 Å². The molecule has 1 aromatic carbocycles. The number of rotatable bonds is 2. The number of carbonyl (C=O) groups is 1. The van der Waals surface area contributed by atoms with Crippen molar-refractivity contribution in [2.45, 2.75) is 37.5 Å². The third-order valence-corrected chi connectivity index (χ3v) is 4.12. The fourth-order valence-electron chi connectivity index (χ4n) is 3.25. The van der Waals surface area contributed by atoms with E-state index in [0.717, 1.165) is 24.8 Å². The molecule has 2 fully saturated rings. The van der Waals surface area contributed by atoms with Crippen molar-refractivity contribution in [1.29, 1.82) is 0 Å². The van der Waals surface area contributed by atoms with Crippen molar-refractivity contribution < 1.29 is 14.6 Å². The molecule has 2 bridgehead atoms. The molecule has 1 N–H and O–H groups in total. The van der Waals surface area contributed by atoms with Gasteiger partial charge in [0.2, 0.25) is 0 Å². The van der Waals surface area contributed by atoms with Gasteiger partial charge in [0.15, 0.2) is 0 Å². The molecule has 3 atom stereocenters. The van der Waals surface area contributed by atoms with Gasteiger partial charge in [0.05, 0.1) is 29.3 Å². The summed E-state index contributed by atoms with van der Waals surface area (Å²) in [4.78, 5) is 11.2. The lowest BCUT2D eigenvalue weighted by Crippen LogP contribution is -2.21. The summed E-state index contributed by atoms with van der Waals surface area (Å²) in [6.45, 7) is 0. The highest BCUT2D eigenvalue weighted by atomic mass is 16.5. The number of ether oxygens (including phenoxy) is 1. The first-order chi connectivity index (χ1) is 9.24. The van der Waals surface area contributed by atoms with Crippen molar-refractivity contribution in [2.24, 2.45) is 0 Å². The van der Waals surface area contributed by atoms with Crippen LogP contribution in [0.25, 0.3) is 11.0 Å². The number of nitrogens with zero attached hydrogens (tertiary/aromatic N) is 3. The fraction of sp³-hybridized carbons (Fsp3) is 0.462. The van der Waals surface area contributed by atoms with E-state index < -0.39 is 5.97 Å². The van der Waals surface area contributed by atoms with Crippen LogP contribution in [0.3, 0.4) is 0 Å². The number of benzene rings is 1. The van der Waals surface area contributed by atoms with Gasteiger partial charge in [-0.15, -0.1) is 5.10 Å². The molecule has 6 nitrogen and oxygen atoms in total. The van der Waals surface area contributed by atoms with Gasteiger partial charge in [0.25, 0.3) is 0 Å². The van der Waals surface area contributed by atoms with E-state index in [1.165, 1.54) is 0 Å². The molecule has 6 heteroatoms. The van der Waals surface area contributed by atoms with E-state index in [1.807, 2.05) is 10.7 Å². The summed E-state index contributed by atoms with van der Waals surface area (Å²) in [5.74, 6) is -0.971. The van der Waals surface area contributed by atoms with E-state index in [9.17, 15) is 4.79 Å². The van der Waals surface area contributed by atoms with Crippen molar-refractivity contribution in [3.8, 4) is 0 Å². The predicted molar refractivity (Wildman–Crippen MR) is 66.0 cm³/mol. The predicted octanol–water partition coefficient (Wildman–Crippen LogP) is 1.62. The summed E-state index contributed by atoms with van der Waals surface area (Å²) >= 11 is 0. The minimum Gasteiger partial charge on any atom is -0.478 e. The van der Waals surface area contributed by atoms with Gasteiger partial charge in [-0.05, 0) is 31.4 Å². The smallest absolute Gasteiger partial charge is 0.338 e. The zero-order chi connectivity index (χ0) is 13.0. The van der Waals surface area contributed by atoms with Gasteiger partial charge < -0.3 is 9.84 Å². The number of carboxylic acids is 1. The molecule has 2 aromatic rings. The summed E-state index contributed by atoms with van der Waals surface area (Å²) in [5, 5.41) is 17.4. The Kier molecular flexibility index (Phi) is 2.17. The Hall–Kier alpha value is -1.95. The zero-order valence-electron chi connectivity index (χ0n) is 10.2. The number of fused-ring (bicyclic) bond motifs is 3. The van der Waals surface area contributed by atoms with E-state index in [-0.39, 0.29) is 17.7 Å². The highest BCUT2D eigenvalue weighted by Crippen LogP contribution is 2.42. The second-order valence-electron chi connectivity index (χ2n) is 5.19. The SMILES string of the molecule is O=C(O)c1cccc2c1nnn2C1CC2CCC1O2. The third-order valence-electron chi connectivity index (χ3n) is 4.12. The molecule has 98 valence electrons. The number of carboxylic acid groups (broad SMARTS) is 1. The van der Waals surface area contributed by atoms with E-state index >= 15 is 0 Å². The molecule has 1 aromatic heterocycles. The molecule has 2 saturated heterocycles. The first kappa shape index (κ1) is 10.9. The Morgan fingerprint density at radius 3 is 3.00 bits per heavy atom. The Labute approximate surface area is 109 Å². The lowest BCUT2D eigenvalue weighted by molar-refractivity contribution is 0.0698. The molecule has 19 heavy (non-hydrogen) atoms. The minimum atomic E-state index is -0.971. The Morgan fingerprint density at radius 1 is 1.42 bits per heavy atom. The minimum absolute atomic E-state index is 0.188. The molecule has 2 aliphatic heterocycles. The third kappa shape index (κ3) is 1.49. The maximum atomic E-state index is 11.2. The maximum absolute atomic E-state index is 11.2. The van der Waals surface area contributed by atoms with Crippen LogP contribution in [-0.4, -0.2) is 38.3 Å². The van der Waals surface area contributed by atoms with Crippen LogP contribution < -0.4 is 0 Å². The molecule has 2 aliphatic rings. The zero-order valence-corrected chi connectivity index (χ0v) is 10.2. The summed E-state index contributed by atoms with van der Waals surface area (Å²) in [5.41, 5.74) is 1.44. The normalized spacial score (nSPS) is 29.2. The van der Waals surface area contributed by atoms with Crippen LogP contribution in [0.5, 0.6) is 0 Å². The van der Waals surface area contributed by atoms with Crippen molar-refractivity contribution in [1.82, 2.24) is 15.0 Å². The lowest BCUT2D eigenvalue weighted by Gasteiger charge is -2.18. The molecule has 0 radical (unpaired) electrons. The maximum Gasteiger partial charge on any atom is 0.338 e. The molecule has 3 heterocycles. The van der Waals surface area contributed by atoms with Gasteiger partial charge in [0.1, 0.15) is 5.52 Å². The second-order valence-corrected chi connectivity index (χ2v) is 5.19. The number of hydrogen-bond donors (Lipinski definition) is 1. The molecule has 3 unspecified atom stereocenters. The summed E-state index contributed by atoms with van der Waals surface area (Å²) < 4.78 is 7.67. The van der Waals surface area contributed by atoms with E-state index in [2.05, 4.69) is 10.3 Å². The lowest BCUT2D eigenvalue weighted by atomic mass is 9.95. The molecule has 4 rings (SSSR count). The Bertz CT molecular complexity index is 666. The van der Waals surface area contributed by atoms with Gasteiger partial charge >= 0.3 is 5.97 Å². The standard InChI is InChI=1S/C13H13N3O3/c17-13(18)8-2-1-3-9-12(8)14-15-16(9)10-6-7-4-5-11(10)19-7/h1-3,7,10-11H,4-6H2,(H,17,18). The summed E-state index contributed by atoms with van der Waals surface area (Å²) in [6.07, 6.45) is 3.64. The molecule has 0 saturated carbocycles. The molecule has 0 aliphatic carbocycles. The monoisotopic (exact) mass is 259 g/mol. The van der Waals surface area contributed by atoms with Gasteiger partial charge in [-0.1, -0.05) is 11.3 Å². The number of aromatic carboxylic acids is 1. The highest BCUT2D eigenvalue weighted by molar-refractivity contribution is 6.00. The average molecular weight is 259 g/mol. The molecular weight excluding hydrogens is 246 g/mol. The van der Waals surface area contributed by atoms with E-state index in [1.54, 1.807) is 12.1 Å². The quantitative estimate of drug-likeness (QED) is 0.886. The fourth-order valence-corrected chi connectivity index (χ4v) is 3.25. The molecular formula is C13H13N3O3. The van der Waals surface area contributed by atoms with Gasteiger partial charge in [0, 0.05) is 0 Å². The van der Waals surface area contributed by atoms with Gasteiger partial charge in [-0.3, -0.25) is 0 Å². The van der Waals surface area contributed by atoms with Crippen LogP contribution in [0.15, 0.2) is 18.2 Å². The Balaban J connectivity index is 1.84. The first-order valence-electron chi connectivity index (χ1n) is 6.46. The van der Waals surface area contributed by atoms with Crippen LogP contribution in [0, 0.1) is 0 Å². The van der Waals surface area contributed by atoms with Crippen molar-refractivity contribution in [2.75, 3.05) is 0 Å². The number of hydrogen-bond acceptors (Lipinski definition) is 4. The molecule has 0 amide bonds. The highest BCUT2D eigenvalue weighted by Gasteiger charge is 2.42. The van der Waals surface area contributed by atoms with Crippen LogP contribution in [0.2, 0.25) is 0 Å². The van der Waals surface area contributed by atoms with Gasteiger partial charge in [-0.25, -0.2) is 9.48 Å². The largest absolute Gasteiger partial charge is 0.478 e. The summed E-state index contributed by atoms with van der Waals surface area (Å²) in [6, 6.07) is 5.35. The second kappa shape index (κ2) is 3.77. The molecule has 0 spiro atoms. The number of aromatic nitrogens is 3. The topological polar surface area (TPSA) is 77.2 Å². The Morgan fingerprint density at radius 2 is 2.32 bits per heavy atom. The summed E-state index contributed by atoms with van der Waals surface area (Å²) in [7, 11) is 0. The van der Waals surface area contributed by atoms with Gasteiger partial charge in [-0.2, -0.15) is 0 Å². The van der Waals surface area contributed by atoms with Crippen LogP contribution in [0.1, 0.15) is 35.7 Å². The van der Waals surface area contributed by atoms with Crippen molar-refractivity contribution in [3.63, 3.8) is 0 Å². The van der Waals surface area contributed by atoms with Crippen LogP contribution in [0.4, 0.5) is 0 Å². The van der Waals surface area contributed by atoms with Crippen LogP contribution >= 0.6 is 0 Å². The average Bonchev–Trinajstić information content (AvgIpc) is 3.11. The van der Waals surface area contributed by atoms with E-state index in [4.69, 9.17) is 9.84 Å². The van der Waals surface area contributed by atoms with E-state index in [0.29, 0.717) is 11.6 Å². The first-order valence-corrected chi connectivity index (χ1v) is 6.46. The van der Waals surface area contributed by atoms with Crippen molar-refractivity contribution >= 4 is 17.0 Å². The van der Waals surface area contributed by atoms with Crippen molar-refractivity contribution in [3.05, 3.63) is 23.8 Å².